The maximum absolute atomic E-state index is 12.7. The highest BCUT2D eigenvalue weighted by molar-refractivity contribution is 9.10. The van der Waals surface area contributed by atoms with E-state index < -0.39 is 10.0 Å². The number of sulfonamides is 1. The normalized spacial score (nSPS) is 22.2. The highest BCUT2D eigenvalue weighted by atomic mass is 79.9. The largest absolute Gasteiger partial charge is 0.326 e. The molecule has 1 atom stereocenters. The molecule has 2 rings (SSSR count). The van der Waals surface area contributed by atoms with Crippen molar-refractivity contribution in [2.75, 3.05) is 0 Å². The van der Waals surface area contributed by atoms with Crippen molar-refractivity contribution < 1.29 is 8.42 Å². The summed E-state index contributed by atoms with van der Waals surface area (Å²) in [5.41, 5.74) is 6.41. The minimum atomic E-state index is -3.55. The van der Waals surface area contributed by atoms with Crippen LogP contribution in [0.1, 0.15) is 45.1 Å². The molecule has 0 aromatic heterocycles. The van der Waals surface area contributed by atoms with Gasteiger partial charge >= 0.3 is 0 Å². The van der Waals surface area contributed by atoms with E-state index in [0.29, 0.717) is 11.0 Å². The first-order chi connectivity index (χ1) is 9.76. The van der Waals surface area contributed by atoms with Crippen LogP contribution < -0.4 is 10.5 Å². The molecular formula is C15H23BrN2O2S. The Kier molecular flexibility index (Phi) is 5.13. The van der Waals surface area contributed by atoms with E-state index >= 15 is 0 Å². The lowest BCUT2D eigenvalue weighted by atomic mass is 9.74. The Labute approximate surface area is 135 Å². The summed E-state index contributed by atoms with van der Waals surface area (Å²) < 4.78 is 28.9. The fourth-order valence-electron chi connectivity index (χ4n) is 2.84. The average molecular weight is 375 g/mol. The van der Waals surface area contributed by atoms with Gasteiger partial charge in [-0.25, -0.2) is 13.1 Å². The molecule has 118 valence electrons. The molecule has 1 aromatic carbocycles. The first-order valence-electron chi connectivity index (χ1n) is 7.27. The molecule has 0 radical (unpaired) electrons. The fraction of sp³-hybridized carbons (Fsp3) is 0.600. The quantitative estimate of drug-likeness (QED) is 0.849. The first kappa shape index (κ1) is 16.9. The van der Waals surface area contributed by atoms with Gasteiger partial charge in [0.1, 0.15) is 0 Å². The van der Waals surface area contributed by atoms with Crippen molar-refractivity contribution in [3.05, 3.63) is 28.2 Å². The van der Waals surface area contributed by atoms with Gasteiger partial charge in [0.2, 0.25) is 10.0 Å². The molecule has 3 N–H and O–H groups in total. The summed E-state index contributed by atoms with van der Waals surface area (Å²) in [6.45, 7) is 4.58. The molecule has 4 nitrogen and oxygen atoms in total. The van der Waals surface area contributed by atoms with E-state index in [1.54, 1.807) is 12.1 Å². The number of benzene rings is 1. The lowest BCUT2D eigenvalue weighted by Crippen LogP contribution is -2.46. The van der Waals surface area contributed by atoms with E-state index in [0.717, 1.165) is 31.2 Å². The number of nitrogens with two attached hydrogens (primary N) is 1. The van der Waals surface area contributed by atoms with Crippen molar-refractivity contribution in [2.24, 2.45) is 11.1 Å². The van der Waals surface area contributed by atoms with Crippen molar-refractivity contribution in [1.82, 2.24) is 4.72 Å². The maximum Gasteiger partial charge on any atom is 0.241 e. The highest BCUT2D eigenvalue weighted by Crippen LogP contribution is 2.36. The molecule has 6 heteroatoms. The number of rotatable bonds is 4. The van der Waals surface area contributed by atoms with Crippen LogP contribution in [-0.4, -0.2) is 14.5 Å². The van der Waals surface area contributed by atoms with Crippen LogP contribution >= 0.6 is 15.9 Å². The number of hydrogen-bond acceptors (Lipinski definition) is 3. The van der Waals surface area contributed by atoms with Crippen molar-refractivity contribution in [3.8, 4) is 0 Å². The monoisotopic (exact) mass is 374 g/mol. The molecule has 0 spiro atoms. The molecule has 1 saturated carbocycles. The van der Waals surface area contributed by atoms with Gasteiger partial charge < -0.3 is 5.73 Å². The van der Waals surface area contributed by atoms with Crippen LogP contribution in [0, 0.1) is 5.41 Å². The molecule has 1 aromatic rings. The van der Waals surface area contributed by atoms with Crippen molar-refractivity contribution in [1.29, 1.82) is 0 Å². The zero-order chi connectivity index (χ0) is 15.7. The summed E-state index contributed by atoms with van der Waals surface area (Å²) >= 11 is 3.33. The van der Waals surface area contributed by atoms with Crippen LogP contribution in [0.2, 0.25) is 0 Å². The molecule has 1 aliphatic carbocycles. The van der Waals surface area contributed by atoms with Crippen molar-refractivity contribution >= 4 is 26.0 Å². The van der Waals surface area contributed by atoms with Gasteiger partial charge in [-0.2, -0.15) is 0 Å². The van der Waals surface area contributed by atoms with Gasteiger partial charge in [0.05, 0.1) is 4.90 Å². The van der Waals surface area contributed by atoms with Gasteiger partial charge in [0, 0.05) is 17.1 Å². The van der Waals surface area contributed by atoms with Crippen LogP contribution in [0.25, 0.3) is 0 Å². The Balaban J connectivity index is 2.30. The van der Waals surface area contributed by atoms with Crippen molar-refractivity contribution in [3.63, 3.8) is 0 Å². The third-order valence-corrected chi connectivity index (χ3v) is 6.79. The van der Waals surface area contributed by atoms with Crippen LogP contribution in [0.4, 0.5) is 0 Å². The molecule has 0 bridgehead atoms. The number of nitrogens with one attached hydrogen (secondary N) is 1. The minimum absolute atomic E-state index is 0.0106. The summed E-state index contributed by atoms with van der Waals surface area (Å²) in [5, 5.41) is 0. The van der Waals surface area contributed by atoms with E-state index in [9.17, 15) is 8.42 Å². The number of halogens is 1. The molecule has 1 unspecified atom stereocenters. The molecule has 0 heterocycles. The van der Waals surface area contributed by atoms with Gasteiger partial charge in [0.25, 0.3) is 0 Å². The SMILES string of the molecule is CC1(C)CCCCC1NS(=O)(=O)c1cc(CN)ccc1Br. The van der Waals surface area contributed by atoms with E-state index in [1.807, 2.05) is 6.07 Å². The summed E-state index contributed by atoms with van der Waals surface area (Å²) in [4.78, 5) is 0.270. The standard InChI is InChI=1S/C15H23BrN2O2S/c1-15(2)8-4-3-5-14(15)18-21(19,20)13-9-11(10-17)6-7-12(13)16/h6-7,9,14,18H,3-5,8,10,17H2,1-2H3. The van der Waals surface area contributed by atoms with E-state index in [4.69, 9.17) is 5.73 Å². The lowest BCUT2D eigenvalue weighted by molar-refractivity contribution is 0.188. The molecular weight excluding hydrogens is 352 g/mol. The Morgan fingerprint density at radius 3 is 2.71 bits per heavy atom. The van der Waals surface area contributed by atoms with Crippen LogP contribution in [0.15, 0.2) is 27.6 Å². The van der Waals surface area contributed by atoms with Gasteiger partial charge in [0.15, 0.2) is 0 Å². The Bertz CT molecular complexity index is 614. The minimum Gasteiger partial charge on any atom is -0.326 e. The maximum atomic E-state index is 12.7. The molecule has 0 amide bonds. The van der Waals surface area contributed by atoms with Gasteiger partial charge in [-0.3, -0.25) is 0 Å². The Morgan fingerprint density at radius 1 is 1.38 bits per heavy atom. The van der Waals surface area contributed by atoms with Gasteiger partial charge in [-0.05, 0) is 51.9 Å². The van der Waals surface area contributed by atoms with E-state index in [-0.39, 0.29) is 16.4 Å². The number of hydrogen-bond donors (Lipinski definition) is 2. The predicted octanol–water partition coefficient (Wildman–Crippen LogP) is 3.15. The Morgan fingerprint density at radius 2 is 2.10 bits per heavy atom. The zero-order valence-corrected chi connectivity index (χ0v) is 14.9. The summed E-state index contributed by atoms with van der Waals surface area (Å²) in [6.07, 6.45) is 4.17. The molecule has 0 aliphatic heterocycles. The first-order valence-corrected chi connectivity index (χ1v) is 9.55. The lowest BCUT2D eigenvalue weighted by Gasteiger charge is -2.38. The fourth-order valence-corrected chi connectivity index (χ4v) is 5.30. The van der Waals surface area contributed by atoms with Crippen molar-refractivity contribution in [2.45, 2.75) is 57.0 Å². The van der Waals surface area contributed by atoms with E-state index in [2.05, 4.69) is 34.5 Å². The highest BCUT2D eigenvalue weighted by Gasteiger charge is 2.35. The summed E-state index contributed by atoms with van der Waals surface area (Å²) in [7, 11) is -3.55. The second-order valence-corrected chi connectivity index (χ2v) is 8.91. The van der Waals surface area contributed by atoms with Gasteiger partial charge in [-0.15, -0.1) is 0 Å². The molecule has 0 saturated heterocycles. The molecule has 21 heavy (non-hydrogen) atoms. The molecule has 1 aliphatic rings. The van der Waals surface area contributed by atoms with Crippen LogP contribution in [0.3, 0.4) is 0 Å². The van der Waals surface area contributed by atoms with Crippen LogP contribution in [0.5, 0.6) is 0 Å². The van der Waals surface area contributed by atoms with E-state index in [1.165, 1.54) is 0 Å². The second kappa shape index (κ2) is 6.36. The summed E-state index contributed by atoms with van der Waals surface area (Å²) in [5.74, 6) is 0. The summed E-state index contributed by atoms with van der Waals surface area (Å²) in [6, 6.07) is 5.18. The second-order valence-electron chi connectivity index (χ2n) is 6.38. The smallest absolute Gasteiger partial charge is 0.241 e. The third kappa shape index (κ3) is 3.86. The molecule has 1 fully saturated rings. The van der Waals surface area contributed by atoms with Gasteiger partial charge in [-0.1, -0.05) is 32.8 Å². The van der Waals surface area contributed by atoms with Crippen LogP contribution in [-0.2, 0) is 16.6 Å². The Hall–Kier alpha value is -0.430. The zero-order valence-electron chi connectivity index (χ0n) is 12.5. The average Bonchev–Trinajstić information content (AvgIpc) is 2.41. The third-order valence-electron chi connectivity index (χ3n) is 4.33. The topological polar surface area (TPSA) is 72.2 Å². The predicted molar refractivity (Wildman–Crippen MR) is 88.4 cm³/mol.